The summed E-state index contributed by atoms with van der Waals surface area (Å²) in [7, 11) is -3.50. The molecule has 2 aromatic rings. The molecule has 0 fully saturated rings. The predicted octanol–water partition coefficient (Wildman–Crippen LogP) is 2.30. The Bertz CT molecular complexity index is 706. The van der Waals surface area contributed by atoms with Gasteiger partial charge in [0.2, 0.25) is 10.0 Å². The van der Waals surface area contributed by atoms with E-state index < -0.39 is 10.0 Å². The molecule has 1 aromatic carbocycles. The van der Waals surface area contributed by atoms with Crippen molar-refractivity contribution in [1.82, 2.24) is 4.72 Å². The van der Waals surface area contributed by atoms with Crippen LogP contribution in [0.1, 0.15) is 22.3 Å². The summed E-state index contributed by atoms with van der Waals surface area (Å²) >= 11 is 1.57. The zero-order chi connectivity index (χ0) is 14.8. The van der Waals surface area contributed by atoms with Crippen LogP contribution in [0.2, 0.25) is 0 Å². The number of benzene rings is 1. The smallest absolute Gasteiger partial charge is 0.240 e. The van der Waals surface area contributed by atoms with Crippen LogP contribution in [0, 0.1) is 13.8 Å². The highest BCUT2D eigenvalue weighted by Crippen LogP contribution is 2.17. The van der Waals surface area contributed by atoms with Crippen molar-refractivity contribution in [2.24, 2.45) is 5.73 Å². The number of aryl methyl sites for hydroxylation is 2. The van der Waals surface area contributed by atoms with Gasteiger partial charge in [0, 0.05) is 13.1 Å². The summed E-state index contributed by atoms with van der Waals surface area (Å²) in [6.07, 6.45) is 0. The lowest BCUT2D eigenvalue weighted by Gasteiger charge is -2.09. The van der Waals surface area contributed by atoms with Crippen molar-refractivity contribution in [3.8, 4) is 0 Å². The van der Waals surface area contributed by atoms with E-state index in [1.165, 1.54) is 0 Å². The van der Waals surface area contributed by atoms with E-state index >= 15 is 0 Å². The van der Waals surface area contributed by atoms with E-state index in [-0.39, 0.29) is 4.90 Å². The molecule has 3 N–H and O–H groups in total. The third kappa shape index (κ3) is 3.27. The lowest BCUT2D eigenvalue weighted by Crippen LogP contribution is -2.23. The van der Waals surface area contributed by atoms with Gasteiger partial charge < -0.3 is 5.73 Å². The van der Waals surface area contributed by atoms with Gasteiger partial charge in [-0.2, -0.15) is 11.3 Å². The molecule has 4 nitrogen and oxygen atoms in total. The molecule has 0 atom stereocenters. The number of sulfonamides is 1. The molecule has 0 bridgehead atoms. The molecule has 0 aliphatic carbocycles. The van der Waals surface area contributed by atoms with Gasteiger partial charge >= 0.3 is 0 Å². The van der Waals surface area contributed by atoms with Crippen LogP contribution in [-0.2, 0) is 23.1 Å². The Morgan fingerprint density at radius 3 is 2.50 bits per heavy atom. The topological polar surface area (TPSA) is 72.2 Å². The average molecular weight is 310 g/mol. The number of thiophene rings is 1. The first-order chi connectivity index (χ1) is 9.44. The first-order valence-corrected chi connectivity index (χ1v) is 8.67. The summed E-state index contributed by atoms with van der Waals surface area (Å²) in [6.45, 7) is 4.53. The van der Waals surface area contributed by atoms with Gasteiger partial charge in [0.1, 0.15) is 0 Å². The van der Waals surface area contributed by atoms with Crippen molar-refractivity contribution in [2.45, 2.75) is 31.8 Å². The number of hydrogen-bond donors (Lipinski definition) is 2. The van der Waals surface area contributed by atoms with Crippen LogP contribution >= 0.6 is 11.3 Å². The van der Waals surface area contributed by atoms with Gasteiger partial charge in [0.05, 0.1) is 4.90 Å². The van der Waals surface area contributed by atoms with Crippen LogP contribution in [0.3, 0.4) is 0 Å². The third-order valence-corrected chi connectivity index (χ3v) is 5.57. The maximum Gasteiger partial charge on any atom is 0.240 e. The van der Waals surface area contributed by atoms with E-state index in [1.54, 1.807) is 29.5 Å². The number of nitrogens with two attached hydrogens (primary N) is 1. The highest BCUT2D eigenvalue weighted by molar-refractivity contribution is 7.89. The van der Waals surface area contributed by atoms with Gasteiger partial charge in [-0.25, -0.2) is 13.1 Å². The Kier molecular flexibility index (Phi) is 4.59. The maximum absolute atomic E-state index is 12.3. The van der Waals surface area contributed by atoms with E-state index in [0.29, 0.717) is 13.1 Å². The molecule has 0 aliphatic heterocycles. The Morgan fingerprint density at radius 1 is 1.15 bits per heavy atom. The maximum atomic E-state index is 12.3. The normalized spacial score (nSPS) is 11.8. The van der Waals surface area contributed by atoms with E-state index in [9.17, 15) is 8.42 Å². The Labute approximate surface area is 123 Å². The highest BCUT2D eigenvalue weighted by Gasteiger charge is 2.15. The van der Waals surface area contributed by atoms with Crippen molar-refractivity contribution in [3.05, 3.63) is 51.2 Å². The minimum atomic E-state index is -3.50. The van der Waals surface area contributed by atoms with E-state index in [2.05, 4.69) is 4.72 Å². The molecular formula is C14H18N2O2S2. The van der Waals surface area contributed by atoms with Crippen LogP contribution in [0.25, 0.3) is 0 Å². The first kappa shape index (κ1) is 15.2. The zero-order valence-corrected chi connectivity index (χ0v) is 13.1. The number of hydrogen-bond acceptors (Lipinski definition) is 4. The van der Waals surface area contributed by atoms with Gasteiger partial charge in [-0.05, 0) is 59.0 Å². The molecule has 0 unspecified atom stereocenters. The van der Waals surface area contributed by atoms with Gasteiger partial charge in [-0.15, -0.1) is 0 Å². The van der Waals surface area contributed by atoms with Gasteiger partial charge in [-0.3, -0.25) is 0 Å². The second-order valence-corrected chi connectivity index (χ2v) is 7.21. The number of nitrogens with one attached hydrogen (secondary N) is 1. The molecule has 0 saturated heterocycles. The lowest BCUT2D eigenvalue weighted by molar-refractivity contribution is 0.581. The second-order valence-electron chi connectivity index (χ2n) is 4.70. The first-order valence-electron chi connectivity index (χ1n) is 6.25. The van der Waals surface area contributed by atoms with Crippen molar-refractivity contribution >= 4 is 21.4 Å². The van der Waals surface area contributed by atoms with Gasteiger partial charge in [-0.1, -0.05) is 6.07 Å². The Hall–Kier alpha value is -1.21. The minimum absolute atomic E-state index is 0.261. The molecule has 0 spiro atoms. The molecule has 0 radical (unpaired) electrons. The monoisotopic (exact) mass is 310 g/mol. The van der Waals surface area contributed by atoms with E-state index in [4.69, 9.17) is 5.73 Å². The minimum Gasteiger partial charge on any atom is -0.326 e. The molecule has 1 aromatic heterocycles. The highest BCUT2D eigenvalue weighted by atomic mass is 32.2. The molecule has 6 heteroatoms. The molecular weight excluding hydrogens is 292 g/mol. The van der Waals surface area contributed by atoms with Crippen molar-refractivity contribution < 1.29 is 8.42 Å². The van der Waals surface area contributed by atoms with Crippen molar-refractivity contribution in [1.29, 1.82) is 0 Å². The molecule has 20 heavy (non-hydrogen) atoms. The van der Waals surface area contributed by atoms with Crippen molar-refractivity contribution in [2.75, 3.05) is 0 Å². The second kappa shape index (κ2) is 6.05. The summed E-state index contributed by atoms with van der Waals surface area (Å²) in [6, 6.07) is 5.03. The SMILES string of the molecule is Cc1ccc(S(=O)(=O)NCc2cscc2C)cc1CN. The zero-order valence-electron chi connectivity index (χ0n) is 11.5. The predicted molar refractivity (Wildman–Crippen MR) is 82.2 cm³/mol. The van der Waals surface area contributed by atoms with E-state index in [1.807, 2.05) is 24.6 Å². The van der Waals surface area contributed by atoms with Crippen LogP contribution in [0.4, 0.5) is 0 Å². The molecule has 0 aliphatic rings. The summed E-state index contributed by atoms with van der Waals surface area (Å²) < 4.78 is 27.2. The molecule has 1 heterocycles. The quantitative estimate of drug-likeness (QED) is 0.890. The third-order valence-electron chi connectivity index (χ3n) is 3.27. The molecule has 108 valence electrons. The fourth-order valence-electron chi connectivity index (χ4n) is 1.86. The van der Waals surface area contributed by atoms with Crippen LogP contribution in [0.15, 0.2) is 33.9 Å². The van der Waals surface area contributed by atoms with E-state index in [0.717, 1.165) is 22.3 Å². The standard InChI is InChI=1S/C14H18N2O2S2/c1-10-3-4-14(5-12(10)6-15)20(17,18)16-7-13-9-19-8-11(13)2/h3-5,8-9,16H,6-7,15H2,1-2H3. The fourth-order valence-corrected chi connectivity index (χ4v) is 3.77. The molecule has 0 saturated carbocycles. The summed E-state index contributed by atoms with van der Waals surface area (Å²) in [5, 5.41) is 3.96. The number of rotatable bonds is 5. The van der Waals surface area contributed by atoms with Crippen LogP contribution in [0.5, 0.6) is 0 Å². The summed E-state index contributed by atoms with van der Waals surface area (Å²) in [5.41, 5.74) is 9.57. The Morgan fingerprint density at radius 2 is 1.90 bits per heavy atom. The lowest BCUT2D eigenvalue weighted by atomic mass is 10.1. The van der Waals surface area contributed by atoms with Gasteiger partial charge in [0.25, 0.3) is 0 Å². The largest absolute Gasteiger partial charge is 0.326 e. The fraction of sp³-hybridized carbons (Fsp3) is 0.286. The van der Waals surface area contributed by atoms with Crippen molar-refractivity contribution in [3.63, 3.8) is 0 Å². The average Bonchev–Trinajstić information content (AvgIpc) is 2.82. The summed E-state index contributed by atoms with van der Waals surface area (Å²) in [5.74, 6) is 0. The molecule has 2 rings (SSSR count). The van der Waals surface area contributed by atoms with Gasteiger partial charge in [0.15, 0.2) is 0 Å². The Balaban J connectivity index is 2.20. The van der Waals surface area contributed by atoms with Crippen LogP contribution < -0.4 is 10.5 Å². The summed E-state index contributed by atoms with van der Waals surface area (Å²) in [4.78, 5) is 0.261. The molecule has 0 amide bonds. The van der Waals surface area contributed by atoms with Crippen LogP contribution in [-0.4, -0.2) is 8.42 Å².